The Hall–Kier alpha value is -3.12. The summed E-state index contributed by atoms with van der Waals surface area (Å²) in [6.45, 7) is 3.30. The van der Waals surface area contributed by atoms with Crippen molar-refractivity contribution in [3.05, 3.63) is 83.7 Å². The van der Waals surface area contributed by atoms with Crippen molar-refractivity contribution < 1.29 is 9.47 Å². The number of aromatic nitrogens is 1. The molecule has 0 atom stereocenters. The number of thiocarbonyl (C=S) groups is 1. The predicted molar refractivity (Wildman–Crippen MR) is 120 cm³/mol. The van der Waals surface area contributed by atoms with Gasteiger partial charge in [-0.15, -0.1) is 0 Å². The Morgan fingerprint density at radius 2 is 1.79 bits per heavy atom. The molecule has 0 saturated carbocycles. The fraction of sp³-hybridized carbons (Fsp3) is 0.217. The number of pyridine rings is 1. The predicted octanol–water partition coefficient (Wildman–Crippen LogP) is 4.81. The highest BCUT2D eigenvalue weighted by molar-refractivity contribution is 7.80. The van der Waals surface area contributed by atoms with Gasteiger partial charge in [0, 0.05) is 25.5 Å². The first-order valence-electron chi connectivity index (χ1n) is 9.31. The van der Waals surface area contributed by atoms with Gasteiger partial charge in [-0.1, -0.05) is 24.3 Å². The third kappa shape index (κ3) is 5.68. The zero-order chi connectivity index (χ0) is 20.6. The number of hydrogen-bond acceptors (Lipinski definition) is 4. The van der Waals surface area contributed by atoms with Gasteiger partial charge in [0.25, 0.3) is 0 Å². The molecule has 0 bridgehead atoms. The Morgan fingerprint density at radius 1 is 1.00 bits per heavy atom. The molecule has 1 N–H and O–H groups in total. The van der Waals surface area contributed by atoms with E-state index in [4.69, 9.17) is 21.7 Å². The molecule has 1 heterocycles. The lowest BCUT2D eigenvalue weighted by Gasteiger charge is -2.27. The summed E-state index contributed by atoms with van der Waals surface area (Å²) in [6, 6.07) is 17.9. The second-order valence-corrected chi connectivity index (χ2v) is 7.09. The summed E-state index contributed by atoms with van der Waals surface area (Å²) < 4.78 is 10.8. The van der Waals surface area contributed by atoms with Crippen LogP contribution in [0.3, 0.4) is 0 Å². The van der Waals surface area contributed by atoms with E-state index in [1.54, 1.807) is 20.4 Å². The van der Waals surface area contributed by atoms with Crippen LogP contribution in [0.4, 0.5) is 5.69 Å². The average Bonchev–Trinajstić information content (AvgIpc) is 2.74. The van der Waals surface area contributed by atoms with Crippen molar-refractivity contribution in [2.45, 2.75) is 20.0 Å². The molecule has 150 valence electrons. The minimum Gasteiger partial charge on any atom is -0.497 e. The summed E-state index contributed by atoms with van der Waals surface area (Å²) in [5, 5.41) is 3.96. The molecule has 29 heavy (non-hydrogen) atoms. The molecule has 5 nitrogen and oxygen atoms in total. The summed E-state index contributed by atoms with van der Waals surface area (Å²) in [7, 11) is 3.32. The van der Waals surface area contributed by atoms with Crippen LogP contribution in [0.15, 0.2) is 67.0 Å². The van der Waals surface area contributed by atoms with Crippen LogP contribution >= 0.6 is 12.2 Å². The lowest BCUT2D eigenvalue weighted by molar-refractivity contribution is 0.401. The van der Waals surface area contributed by atoms with E-state index in [2.05, 4.69) is 21.3 Å². The monoisotopic (exact) mass is 407 g/mol. The Bertz CT molecular complexity index is 963. The van der Waals surface area contributed by atoms with Gasteiger partial charge in [-0.3, -0.25) is 4.98 Å². The lowest BCUT2D eigenvalue weighted by Crippen LogP contribution is -2.34. The molecule has 0 unspecified atom stereocenters. The number of nitrogens with one attached hydrogen (secondary N) is 1. The molecule has 3 aromatic rings. The molecule has 0 aliphatic rings. The zero-order valence-corrected chi connectivity index (χ0v) is 17.7. The van der Waals surface area contributed by atoms with Crippen LogP contribution in [0.25, 0.3) is 0 Å². The number of benzene rings is 2. The number of rotatable bonds is 7. The van der Waals surface area contributed by atoms with E-state index in [0.717, 1.165) is 33.9 Å². The standard InChI is InChI=1S/C23H25N3O2S/c1-17-9-10-22(28-3)21(12-17)25-23(29)26(16-19-7-5-11-24-14-19)15-18-6-4-8-20(13-18)27-2/h4-14H,15-16H2,1-3H3,(H,25,29). The Morgan fingerprint density at radius 3 is 2.52 bits per heavy atom. The number of anilines is 1. The van der Waals surface area contributed by atoms with Crippen molar-refractivity contribution in [3.63, 3.8) is 0 Å². The van der Waals surface area contributed by atoms with Crippen LogP contribution in [-0.2, 0) is 13.1 Å². The van der Waals surface area contributed by atoms with E-state index in [1.165, 1.54) is 0 Å². The highest BCUT2D eigenvalue weighted by atomic mass is 32.1. The van der Waals surface area contributed by atoms with Crippen molar-refractivity contribution in [1.29, 1.82) is 0 Å². The summed E-state index contributed by atoms with van der Waals surface area (Å²) in [5.74, 6) is 1.57. The molecule has 0 saturated heterocycles. The zero-order valence-electron chi connectivity index (χ0n) is 16.9. The van der Waals surface area contributed by atoms with Crippen LogP contribution in [0, 0.1) is 6.92 Å². The van der Waals surface area contributed by atoms with Crippen LogP contribution in [0.5, 0.6) is 11.5 Å². The van der Waals surface area contributed by atoms with Gasteiger partial charge in [0.2, 0.25) is 0 Å². The van der Waals surface area contributed by atoms with Crippen molar-refractivity contribution in [1.82, 2.24) is 9.88 Å². The van der Waals surface area contributed by atoms with Crippen molar-refractivity contribution in [3.8, 4) is 11.5 Å². The number of nitrogens with zero attached hydrogens (tertiary/aromatic N) is 2. The van der Waals surface area contributed by atoms with Crippen molar-refractivity contribution in [2.75, 3.05) is 19.5 Å². The molecule has 0 aliphatic heterocycles. The Kier molecular flexibility index (Phi) is 7.03. The van der Waals surface area contributed by atoms with Crippen LogP contribution in [-0.4, -0.2) is 29.2 Å². The molecule has 0 radical (unpaired) electrons. The maximum absolute atomic E-state index is 5.78. The summed E-state index contributed by atoms with van der Waals surface area (Å²) in [6.07, 6.45) is 3.62. The maximum Gasteiger partial charge on any atom is 0.174 e. The van der Waals surface area contributed by atoms with E-state index in [9.17, 15) is 0 Å². The summed E-state index contributed by atoms with van der Waals surface area (Å²) >= 11 is 5.78. The van der Waals surface area contributed by atoms with Gasteiger partial charge in [0.05, 0.1) is 19.9 Å². The van der Waals surface area contributed by atoms with E-state index in [-0.39, 0.29) is 0 Å². The van der Waals surface area contributed by atoms with Crippen LogP contribution < -0.4 is 14.8 Å². The number of hydrogen-bond donors (Lipinski definition) is 1. The molecule has 3 rings (SSSR count). The lowest BCUT2D eigenvalue weighted by atomic mass is 10.2. The first kappa shape index (κ1) is 20.6. The summed E-state index contributed by atoms with van der Waals surface area (Å²) in [4.78, 5) is 6.32. The Labute approximate surface area is 177 Å². The molecule has 0 aliphatic carbocycles. The minimum atomic E-state index is 0.612. The van der Waals surface area contributed by atoms with Gasteiger partial charge < -0.3 is 19.7 Å². The average molecular weight is 408 g/mol. The molecule has 2 aromatic carbocycles. The highest BCUT2D eigenvalue weighted by Gasteiger charge is 2.14. The molecule has 0 spiro atoms. The normalized spacial score (nSPS) is 10.3. The van der Waals surface area contributed by atoms with Gasteiger partial charge in [0.1, 0.15) is 11.5 Å². The number of ether oxygens (including phenoxy) is 2. The number of aryl methyl sites for hydroxylation is 1. The number of methoxy groups -OCH3 is 2. The molecule has 0 fully saturated rings. The van der Waals surface area contributed by atoms with Crippen LogP contribution in [0.2, 0.25) is 0 Å². The van der Waals surface area contributed by atoms with Crippen molar-refractivity contribution in [2.24, 2.45) is 0 Å². The minimum absolute atomic E-state index is 0.612. The fourth-order valence-corrected chi connectivity index (χ4v) is 3.26. The smallest absolute Gasteiger partial charge is 0.174 e. The van der Waals surface area contributed by atoms with Gasteiger partial charge in [-0.05, 0) is 66.2 Å². The molecule has 0 amide bonds. The third-order valence-corrected chi connectivity index (χ3v) is 4.85. The maximum atomic E-state index is 5.78. The molecular formula is C23H25N3O2S. The first-order valence-corrected chi connectivity index (χ1v) is 9.72. The van der Waals surface area contributed by atoms with Gasteiger partial charge >= 0.3 is 0 Å². The fourth-order valence-electron chi connectivity index (χ4n) is 3.02. The van der Waals surface area contributed by atoms with Gasteiger partial charge in [-0.2, -0.15) is 0 Å². The second kappa shape index (κ2) is 9.89. The largest absolute Gasteiger partial charge is 0.497 e. The second-order valence-electron chi connectivity index (χ2n) is 6.70. The van der Waals surface area contributed by atoms with E-state index in [0.29, 0.717) is 18.2 Å². The SMILES string of the molecule is COc1cccc(CN(Cc2cccnc2)C(=S)Nc2cc(C)ccc2OC)c1. The highest BCUT2D eigenvalue weighted by Crippen LogP contribution is 2.26. The van der Waals surface area contributed by atoms with E-state index in [1.807, 2.05) is 61.7 Å². The third-order valence-electron chi connectivity index (χ3n) is 4.49. The Balaban J connectivity index is 1.85. The van der Waals surface area contributed by atoms with Crippen molar-refractivity contribution >= 4 is 23.0 Å². The van der Waals surface area contributed by atoms with Crippen LogP contribution in [0.1, 0.15) is 16.7 Å². The van der Waals surface area contributed by atoms with E-state index < -0.39 is 0 Å². The summed E-state index contributed by atoms with van der Waals surface area (Å²) in [5.41, 5.74) is 4.16. The van der Waals surface area contributed by atoms with Gasteiger partial charge in [0.15, 0.2) is 5.11 Å². The topological polar surface area (TPSA) is 46.6 Å². The van der Waals surface area contributed by atoms with E-state index >= 15 is 0 Å². The molecular weight excluding hydrogens is 382 g/mol. The molecule has 1 aromatic heterocycles. The van der Waals surface area contributed by atoms with Gasteiger partial charge in [-0.25, -0.2) is 0 Å². The first-order chi connectivity index (χ1) is 14.1. The molecule has 6 heteroatoms. The quantitative estimate of drug-likeness (QED) is 0.568.